The van der Waals surface area contributed by atoms with Crippen LogP contribution in [0.1, 0.15) is 56.7 Å². The Kier molecular flexibility index (Phi) is 3.80. The van der Waals surface area contributed by atoms with Crippen LogP contribution in [0.3, 0.4) is 0 Å². The summed E-state index contributed by atoms with van der Waals surface area (Å²) in [6.07, 6.45) is 2.73. The van der Waals surface area contributed by atoms with Crippen molar-refractivity contribution in [1.29, 1.82) is 0 Å². The van der Waals surface area contributed by atoms with Crippen LogP contribution in [-0.4, -0.2) is 21.8 Å². The minimum Gasteiger partial charge on any atom is -0.368 e. The molecule has 96 valence electrons. The monoisotopic (exact) mass is 255 g/mol. The zero-order valence-corrected chi connectivity index (χ0v) is 11.8. The van der Waals surface area contributed by atoms with Crippen LogP contribution in [0.25, 0.3) is 0 Å². The van der Waals surface area contributed by atoms with Crippen LogP contribution in [0.5, 0.6) is 0 Å². The van der Waals surface area contributed by atoms with E-state index in [2.05, 4.69) is 43.2 Å². The van der Waals surface area contributed by atoms with Crippen molar-refractivity contribution in [1.82, 2.24) is 15.5 Å². The standard InChI is InChI=1S/C12H21N3OS/c1-8-5-6-9(16-8)11-15-14-10(17-11)7-13-12(2,3)4/h8-9,13H,5-7H2,1-4H3. The first-order valence-electron chi connectivity index (χ1n) is 6.17. The van der Waals surface area contributed by atoms with Crippen LogP contribution in [-0.2, 0) is 11.3 Å². The highest BCUT2D eigenvalue weighted by atomic mass is 32.1. The molecular formula is C12H21N3OS. The van der Waals surface area contributed by atoms with E-state index in [0.717, 1.165) is 29.4 Å². The summed E-state index contributed by atoms with van der Waals surface area (Å²) in [6, 6.07) is 0. The Morgan fingerprint density at radius 2 is 2.12 bits per heavy atom. The first-order valence-corrected chi connectivity index (χ1v) is 6.98. The largest absolute Gasteiger partial charge is 0.368 e. The fraction of sp³-hybridized carbons (Fsp3) is 0.833. The van der Waals surface area contributed by atoms with Crippen molar-refractivity contribution in [2.45, 2.75) is 64.8 Å². The SMILES string of the molecule is CC1CCC(c2nnc(CNC(C)(C)C)s2)O1. The van der Waals surface area contributed by atoms with Gasteiger partial charge in [0.15, 0.2) is 0 Å². The summed E-state index contributed by atoms with van der Waals surface area (Å²) < 4.78 is 5.79. The van der Waals surface area contributed by atoms with Gasteiger partial charge in [0, 0.05) is 5.54 Å². The molecule has 4 nitrogen and oxygen atoms in total. The van der Waals surface area contributed by atoms with Crippen molar-refractivity contribution in [3.8, 4) is 0 Å². The Labute approximate surface area is 107 Å². The molecule has 2 heterocycles. The van der Waals surface area contributed by atoms with Gasteiger partial charge in [-0.05, 0) is 40.5 Å². The number of nitrogens with zero attached hydrogens (tertiary/aromatic N) is 2. The molecule has 0 spiro atoms. The predicted molar refractivity (Wildman–Crippen MR) is 69.0 cm³/mol. The Balaban J connectivity index is 1.92. The van der Waals surface area contributed by atoms with E-state index in [1.807, 2.05) is 0 Å². The third-order valence-electron chi connectivity index (χ3n) is 2.76. The summed E-state index contributed by atoms with van der Waals surface area (Å²) in [6.45, 7) is 9.34. The minimum absolute atomic E-state index is 0.115. The quantitative estimate of drug-likeness (QED) is 0.902. The Hall–Kier alpha value is -0.520. The first-order chi connectivity index (χ1) is 7.94. The van der Waals surface area contributed by atoms with E-state index in [0.29, 0.717) is 6.10 Å². The molecule has 1 aliphatic heterocycles. The second-order valence-corrected chi connectivity index (χ2v) is 6.74. The van der Waals surface area contributed by atoms with Gasteiger partial charge >= 0.3 is 0 Å². The third kappa shape index (κ3) is 3.72. The number of rotatable bonds is 3. The van der Waals surface area contributed by atoms with Crippen molar-refractivity contribution in [2.75, 3.05) is 0 Å². The summed E-state index contributed by atoms with van der Waals surface area (Å²) >= 11 is 1.66. The van der Waals surface area contributed by atoms with Gasteiger partial charge in [-0.1, -0.05) is 11.3 Å². The first kappa shape index (κ1) is 12.9. The zero-order valence-electron chi connectivity index (χ0n) is 11.0. The van der Waals surface area contributed by atoms with Crippen LogP contribution < -0.4 is 5.32 Å². The normalized spacial score (nSPS) is 25.4. The van der Waals surface area contributed by atoms with Gasteiger partial charge in [-0.25, -0.2) is 0 Å². The molecule has 0 amide bonds. The van der Waals surface area contributed by atoms with Crippen LogP contribution in [0, 0.1) is 0 Å². The van der Waals surface area contributed by atoms with Crippen molar-refractivity contribution < 1.29 is 4.74 Å². The van der Waals surface area contributed by atoms with E-state index in [4.69, 9.17) is 4.74 Å². The van der Waals surface area contributed by atoms with Gasteiger partial charge in [0.2, 0.25) is 0 Å². The average molecular weight is 255 g/mol. The lowest BCUT2D eigenvalue weighted by Crippen LogP contribution is -2.35. The summed E-state index contributed by atoms with van der Waals surface area (Å²) in [5, 5.41) is 13.9. The van der Waals surface area contributed by atoms with Gasteiger partial charge in [-0.15, -0.1) is 10.2 Å². The number of nitrogens with one attached hydrogen (secondary N) is 1. The van der Waals surface area contributed by atoms with Gasteiger partial charge in [0.1, 0.15) is 16.1 Å². The summed E-state index contributed by atoms with van der Waals surface area (Å²) in [5.41, 5.74) is 0.115. The number of hydrogen-bond donors (Lipinski definition) is 1. The molecule has 1 saturated heterocycles. The summed E-state index contributed by atoms with van der Waals surface area (Å²) in [7, 11) is 0. The highest BCUT2D eigenvalue weighted by Gasteiger charge is 2.26. The molecule has 0 bridgehead atoms. The average Bonchev–Trinajstić information content (AvgIpc) is 2.81. The summed E-state index contributed by atoms with van der Waals surface area (Å²) in [5.74, 6) is 0. The minimum atomic E-state index is 0.115. The van der Waals surface area contributed by atoms with Gasteiger partial charge in [0.05, 0.1) is 12.6 Å². The number of aromatic nitrogens is 2. The molecule has 2 rings (SSSR count). The van der Waals surface area contributed by atoms with Crippen molar-refractivity contribution in [3.05, 3.63) is 10.0 Å². The maximum atomic E-state index is 5.79. The van der Waals surface area contributed by atoms with Crippen LogP contribution in [0.2, 0.25) is 0 Å². The molecule has 2 unspecified atom stereocenters. The molecule has 0 aliphatic carbocycles. The zero-order chi connectivity index (χ0) is 12.5. The van der Waals surface area contributed by atoms with Crippen molar-refractivity contribution >= 4 is 11.3 Å². The van der Waals surface area contributed by atoms with Gasteiger partial charge in [-0.2, -0.15) is 0 Å². The second kappa shape index (κ2) is 5.00. The van der Waals surface area contributed by atoms with Gasteiger partial charge in [-0.3, -0.25) is 0 Å². The predicted octanol–water partition coefficient (Wildman–Crippen LogP) is 2.67. The Morgan fingerprint density at radius 3 is 2.71 bits per heavy atom. The molecule has 1 aromatic heterocycles. The fourth-order valence-corrected chi connectivity index (χ4v) is 2.65. The molecule has 17 heavy (non-hydrogen) atoms. The topological polar surface area (TPSA) is 47.0 Å². The molecule has 1 fully saturated rings. The molecule has 0 saturated carbocycles. The smallest absolute Gasteiger partial charge is 0.146 e. The van der Waals surface area contributed by atoms with Gasteiger partial charge < -0.3 is 10.1 Å². The molecule has 2 atom stereocenters. The van der Waals surface area contributed by atoms with E-state index in [9.17, 15) is 0 Å². The van der Waals surface area contributed by atoms with Crippen molar-refractivity contribution in [2.24, 2.45) is 0 Å². The van der Waals surface area contributed by atoms with Crippen LogP contribution >= 0.6 is 11.3 Å². The van der Waals surface area contributed by atoms with E-state index in [-0.39, 0.29) is 11.6 Å². The van der Waals surface area contributed by atoms with E-state index >= 15 is 0 Å². The van der Waals surface area contributed by atoms with Gasteiger partial charge in [0.25, 0.3) is 0 Å². The fourth-order valence-electron chi connectivity index (χ4n) is 1.79. The lowest BCUT2D eigenvalue weighted by atomic mass is 10.1. The molecule has 5 heteroatoms. The highest BCUT2D eigenvalue weighted by molar-refractivity contribution is 7.11. The highest BCUT2D eigenvalue weighted by Crippen LogP contribution is 2.33. The maximum absolute atomic E-state index is 5.79. The molecule has 1 N–H and O–H groups in total. The number of ether oxygens (including phenoxy) is 1. The lowest BCUT2D eigenvalue weighted by Gasteiger charge is -2.19. The molecule has 0 radical (unpaired) electrons. The molecule has 1 aromatic rings. The second-order valence-electron chi connectivity index (χ2n) is 5.65. The van der Waals surface area contributed by atoms with E-state index in [1.165, 1.54) is 0 Å². The maximum Gasteiger partial charge on any atom is 0.146 e. The van der Waals surface area contributed by atoms with Crippen LogP contribution in [0.4, 0.5) is 0 Å². The van der Waals surface area contributed by atoms with E-state index in [1.54, 1.807) is 11.3 Å². The van der Waals surface area contributed by atoms with E-state index < -0.39 is 0 Å². The molecular weight excluding hydrogens is 234 g/mol. The lowest BCUT2D eigenvalue weighted by molar-refractivity contribution is 0.0550. The Morgan fingerprint density at radius 1 is 1.35 bits per heavy atom. The summed E-state index contributed by atoms with van der Waals surface area (Å²) in [4.78, 5) is 0. The third-order valence-corrected chi connectivity index (χ3v) is 3.78. The Bertz CT molecular complexity index is 372. The van der Waals surface area contributed by atoms with Crippen molar-refractivity contribution in [3.63, 3.8) is 0 Å². The molecule has 0 aromatic carbocycles. The number of hydrogen-bond acceptors (Lipinski definition) is 5. The van der Waals surface area contributed by atoms with Crippen LogP contribution in [0.15, 0.2) is 0 Å². The molecule has 1 aliphatic rings.